The Kier molecular flexibility index (Phi) is 2.75. The van der Waals surface area contributed by atoms with Crippen molar-refractivity contribution in [1.29, 1.82) is 0 Å². The molecule has 0 aliphatic heterocycles. The van der Waals surface area contributed by atoms with E-state index >= 15 is 0 Å². The van der Waals surface area contributed by atoms with Gasteiger partial charge < -0.3 is 21.2 Å². The summed E-state index contributed by atoms with van der Waals surface area (Å²) in [7, 11) is 0. The van der Waals surface area contributed by atoms with Crippen LogP contribution in [-0.4, -0.2) is 26.9 Å². The molecule has 0 bridgehead atoms. The van der Waals surface area contributed by atoms with Crippen molar-refractivity contribution in [2.75, 3.05) is 11.9 Å². The Labute approximate surface area is 95.0 Å². The van der Waals surface area contributed by atoms with Gasteiger partial charge in [-0.2, -0.15) is 9.38 Å². The largest absolute Gasteiger partial charge is 0.372 e. The van der Waals surface area contributed by atoms with Crippen LogP contribution < -0.4 is 11.1 Å². The van der Waals surface area contributed by atoms with Crippen molar-refractivity contribution in [2.24, 2.45) is 5.73 Å². The number of nitrogens with two attached hydrogens (primary N) is 1. The maximum atomic E-state index is 10.9. The minimum Gasteiger partial charge on any atom is -0.361 e. The van der Waals surface area contributed by atoms with Crippen LogP contribution in [0.1, 0.15) is 6.92 Å². The molecule has 3 N–H and O–H groups in total. The van der Waals surface area contributed by atoms with Crippen molar-refractivity contribution in [3.8, 4) is 0 Å². The molecule has 7 nitrogen and oxygen atoms in total. The second-order valence-electron chi connectivity index (χ2n) is 3.45. The Morgan fingerprint density at radius 3 is 3.19 bits per heavy atom. The van der Waals surface area contributed by atoms with Crippen molar-refractivity contribution in [2.45, 2.75) is 13.0 Å². The van der Waals surface area contributed by atoms with Gasteiger partial charge in [0.05, 0.1) is 0 Å². The highest BCUT2D eigenvalue weighted by atomic mass is 32.1. The molecule has 0 aliphatic carbocycles. The Morgan fingerprint density at radius 2 is 2.56 bits per heavy atom. The smallest absolute Gasteiger partial charge is 0.361 e. The molecule has 0 radical (unpaired) electrons. The molecule has 2 aromatic rings. The average molecular weight is 241 g/mol. The number of thiazole rings is 1. The summed E-state index contributed by atoms with van der Waals surface area (Å²) in [5.41, 5.74) is 5.57. The topological polar surface area (TPSA) is 98.5 Å². The lowest BCUT2D eigenvalue weighted by molar-refractivity contribution is -0.389. The fourth-order valence-electron chi connectivity index (χ4n) is 1.32. The Bertz CT molecular complexity index is 517. The third-order valence-corrected chi connectivity index (χ3v) is 2.76. The molecule has 0 saturated carbocycles. The van der Waals surface area contributed by atoms with Gasteiger partial charge in [-0.05, 0) is 11.8 Å². The molecule has 0 saturated heterocycles. The van der Waals surface area contributed by atoms with E-state index in [0.717, 1.165) is 0 Å². The van der Waals surface area contributed by atoms with Gasteiger partial charge in [0.25, 0.3) is 4.96 Å². The normalized spacial score (nSPS) is 12.9. The quantitative estimate of drug-likeness (QED) is 0.616. The fraction of sp³-hybridized carbons (Fsp3) is 0.375. The van der Waals surface area contributed by atoms with E-state index < -0.39 is 4.92 Å². The number of hydrogen-bond acceptors (Lipinski definition) is 6. The number of aromatic nitrogens is 2. The number of nitrogens with one attached hydrogen (secondary N) is 1. The molecule has 2 aromatic heterocycles. The molecule has 16 heavy (non-hydrogen) atoms. The number of anilines is 1. The predicted molar refractivity (Wildman–Crippen MR) is 61.9 cm³/mol. The minimum atomic E-state index is -0.448. The van der Waals surface area contributed by atoms with Crippen LogP contribution in [-0.2, 0) is 0 Å². The number of fused-ring (bicyclic) bond motifs is 1. The number of hydrogen-bond donors (Lipinski definition) is 2. The maximum Gasteiger partial charge on any atom is 0.372 e. The van der Waals surface area contributed by atoms with E-state index in [9.17, 15) is 10.1 Å². The van der Waals surface area contributed by atoms with Crippen LogP contribution in [0.15, 0.2) is 11.6 Å². The summed E-state index contributed by atoms with van der Waals surface area (Å²) in [4.78, 5) is 15.2. The molecule has 8 heteroatoms. The number of nitrogens with zero attached hydrogens (tertiary/aromatic N) is 3. The first-order chi connectivity index (χ1) is 7.59. The highest BCUT2D eigenvalue weighted by Crippen LogP contribution is 2.27. The molecule has 0 aromatic carbocycles. The molecule has 2 rings (SSSR count). The van der Waals surface area contributed by atoms with Crippen molar-refractivity contribution in [1.82, 2.24) is 9.38 Å². The molecule has 1 unspecified atom stereocenters. The van der Waals surface area contributed by atoms with Crippen LogP contribution >= 0.6 is 11.3 Å². The highest BCUT2D eigenvalue weighted by molar-refractivity contribution is 7.15. The monoisotopic (exact) mass is 241 g/mol. The Hall–Kier alpha value is -1.67. The standard InChI is InChI=1S/C8H11N5O2S/c1-5(9)4-10-6-7(13(14)15)12-2-3-16-8(12)11-6/h2-3,5,10H,4,9H2,1H3. The third kappa shape index (κ3) is 1.84. The van der Waals surface area contributed by atoms with Crippen LogP contribution in [0.4, 0.5) is 11.6 Å². The van der Waals surface area contributed by atoms with Gasteiger partial charge in [-0.25, -0.2) is 0 Å². The van der Waals surface area contributed by atoms with Crippen molar-refractivity contribution in [3.63, 3.8) is 0 Å². The number of nitro groups is 1. The van der Waals surface area contributed by atoms with E-state index in [1.54, 1.807) is 11.6 Å². The molecule has 0 spiro atoms. The lowest BCUT2D eigenvalue weighted by atomic mass is 10.3. The van der Waals surface area contributed by atoms with Gasteiger partial charge in [0, 0.05) is 18.0 Å². The second kappa shape index (κ2) is 4.06. The van der Waals surface area contributed by atoms with E-state index in [0.29, 0.717) is 11.5 Å². The van der Waals surface area contributed by atoms with Gasteiger partial charge in [0.2, 0.25) is 5.82 Å². The number of imidazole rings is 1. The zero-order valence-electron chi connectivity index (χ0n) is 8.58. The van der Waals surface area contributed by atoms with E-state index in [1.165, 1.54) is 15.7 Å². The molecular formula is C8H11N5O2S. The minimum absolute atomic E-state index is 0.0445. The van der Waals surface area contributed by atoms with Gasteiger partial charge in [-0.15, -0.1) is 0 Å². The van der Waals surface area contributed by atoms with Crippen molar-refractivity contribution < 1.29 is 4.92 Å². The lowest BCUT2D eigenvalue weighted by Gasteiger charge is -2.05. The van der Waals surface area contributed by atoms with E-state index in [1.807, 2.05) is 6.92 Å². The van der Waals surface area contributed by atoms with Crippen LogP contribution in [0.5, 0.6) is 0 Å². The SMILES string of the molecule is CC(N)CNc1nc2sccn2c1[N+](=O)[O-]. The molecule has 1 atom stereocenters. The lowest BCUT2D eigenvalue weighted by Crippen LogP contribution is -2.25. The first kappa shape index (κ1) is 10.8. The van der Waals surface area contributed by atoms with Gasteiger partial charge in [0.1, 0.15) is 6.20 Å². The molecular weight excluding hydrogens is 230 g/mol. The summed E-state index contributed by atoms with van der Waals surface area (Å²) in [6.07, 6.45) is 1.63. The predicted octanol–water partition coefficient (Wildman–Crippen LogP) is 1.06. The fourth-order valence-corrected chi connectivity index (χ4v) is 2.03. The molecule has 0 fully saturated rings. The van der Waals surface area contributed by atoms with Crippen molar-refractivity contribution in [3.05, 3.63) is 21.7 Å². The molecule has 2 heterocycles. The van der Waals surface area contributed by atoms with Gasteiger partial charge >= 0.3 is 5.82 Å². The zero-order chi connectivity index (χ0) is 11.7. The molecule has 0 amide bonds. The van der Waals surface area contributed by atoms with E-state index in [-0.39, 0.29) is 17.7 Å². The van der Waals surface area contributed by atoms with Gasteiger partial charge in [-0.1, -0.05) is 11.3 Å². The zero-order valence-corrected chi connectivity index (χ0v) is 9.40. The van der Waals surface area contributed by atoms with E-state index in [2.05, 4.69) is 10.3 Å². The highest BCUT2D eigenvalue weighted by Gasteiger charge is 2.23. The van der Waals surface area contributed by atoms with Crippen LogP contribution in [0, 0.1) is 10.1 Å². The van der Waals surface area contributed by atoms with Crippen molar-refractivity contribution >= 4 is 27.9 Å². The summed E-state index contributed by atoms with van der Waals surface area (Å²) in [6, 6.07) is -0.0839. The van der Waals surface area contributed by atoms with E-state index in [4.69, 9.17) is 5.73 Å². The average Bonchev–Trinajstić information content (AvgIpc) is 2.71. The van der Waals surface area contributed by atoms with Crippen LogP contribution in [0.25, 0.3) is 4.96 Å². The summed E-state index contributed by atoms with van der Waals surface area (Å²) < 4.78 is 1.45. The Balaban J connectivity index is 2.39. The van der Waals surface area contributed by atoms with Gasteiger partial charge in [-0.3, -0.25) is 0 Å². The third-order valence-electron chi connectivity index (χ3n) is 2.00. The molecule has 0 aliphatic rings. The second-order valence-corrected chi connectivity index (χ2v) is 4.33. The first-order valence-corrected chi connectivity index (χ1v) is 5.57. The summed E-state index contributed by atoms with van der Waals surface area (Å²) in [5.74, 6) is 0.228. The summed E-state index contributed by atoms with van der Waals surface area (Å²) in [5, 5.41) is 15.5. The Morgan fingerprint density at radius 1 is 1.81 bits per heavy atom. The van der Waals surface area contributed by atoms with Crippen LogP contribution in [0.3, 0.4) is 0 Å². The summed E-state index contributed by atoms with van der Waals surface area (Å²) >= 11 is 1.35. The first-order valence-electron chi connectivity index (χ1n) is 4.69. The van der Waals surface area contributed by atoms with Gasteiger partial charge in [0.15, 0.2) is 0 Å². The molecule has 86 valence electrons. The van der Waals surface area contributed by atoms with Crippen LogP contribution in [0.2, 0.25) is 0 Å². The summed E-state index contributed by atoms with van der Waals surface area (Å²) in [6.45, 7) is 2.27. The maximum absolute atomic E-state index is 10.9. The number of rotatable bonds is 4.